The molecule has 0 aromatic heterocycles. The Balaban J connectivity index is 2.25. The summed E-state index contributed by atoms with van der Waals surface area (Å²) in [7, 11) is 0. The molecule has 0 aliphatic carbocycles. The van der Waals surface area contributed by atoms with Gasteiger partial charge in [-0.25, -0.2) is 0 Å². The molecule has 1 atom stereocenters. The van der Waals surface area contributed by atoms with Crippen LogP contribution in [0.5, 0.6) is 0 Å². The number of carbonyl (C=O) groups excluding carboxylic acids is 1. The molecule has 136 valence electrons. The normalized spacial score (nSPS) is 24.3. The molecule has 1 aliphatic rings. The molecule has 0 radical (unpaired) electrons. The predicted octanol–water partition coefficient (Wildman–Crippen LogP) is -0.823. The lowest BCUT2D eigenvalue weighted by Crippen LogP contribution is -2.32. The highest BCUT2D eigenvalue weighted by Crippen LogP contribution is 1.96. The Hall–Kier alpha value is -0.770. The van der Waals surface area contributed by atoms with Gasteiger partial charge < -0.3 is 34.3 Å². The van der Waals surface area contributed by atoms with Crippen molar-refractivity contribution in [1.29, 1.82) is 0 Å². The van der Waals surface area contributed by atoms with Crippen LogP contribution in [0.1, 0.15) is 6.92 Å². The van der Waals surface area contributed by atoms with Crippen LogP contribution in [0.15, 0.2) is 0 Å². The van der Waals surface area contributed by atoms with Gasteiger partial charge in [0.25, 0.3) is 0 Å². The Morgan fingerprint density at radius 1 is 0.913 bits per heavy atom. The molecule has 23 heavy (non-hydrogen) atoms. The zero-order chi connectivity index (χ0) is 16.6. The Morgan fingerprint density at radius 2 is 1.48 bits per heavy atom. The Morgan fingerprint density at radius 3 is 2.09 bits per heavy atom. The molecular weight excluding hydrogens is 304 g/mol. The van der Waals surface area contributed by atoms with E-state index in [1.54, 1.807) is 0 Å². The Labute approximate surface area is 138 Å². The van der Waals surface area contributed by atoms with E-state index < -0.39 is 0 Å². The average Bonchev–Trinajstić information content (AvgIpc) is 2.53. The summed E-state index contributed by atoms with van der Waals surface area (Å²) >= 11 is 0. The van der Waals surface area contributed by atoms with Crippen molar-refractivity contribution in [2.45, 2.75) is 13.0 Å². The molecule has 1 unspecified atom stereocenters. The fourth-order valence-corrected chi connectivity index (χ4v) is 1.87. The molecule has 0 spiro atoms. The number of carbonyl (C=O) groups is 1. The zero-order valence-electron chi connectivity index (χ0n) is 14.0. The highest BCUT2D eigenvalue weighted by molar-refractivity contribution is 5.65. The van der Waals surface area contributed by atoms with E-state index >= 15 is 0 Å². The summed E-state index contributed by atoms with van der Waals surface area (Å²) in [5.74, 6) is -0.315. The van der Waals surface area contributed by atoms with Crippen LogP contribution < -0.4 is 10.6 Å². The third-order valence-corrected chi connectivity index (χ3v) is 3.05. The van der Waals surface area contributed by atoms with Gasteiger partial charge >= 0.3 is 5.97 Å². The Bertz CT molecular complexity index is 275. The first kappa shape index (κ1) is 20.3. The van der Waals surface area contributed by atoms with Gasteiger partial charge in [-0.15, -0.1) is 0 Å². The molecule has 0 bridgehead atoms. The molecule has 8 nitrogen and oxygen atoms in total. The average molecular weight is 334 g/mol. The van der Waals surface area contributed by atoms with Gasteiger partial charge in [0.1, 0.15) is 12.7 Å². The Kier molecular flexibility index (Phi) is 13.0. The standard InChI is InChI=1S/C15H30N2O6/c1-14(18)23-13-15-12-21-8-4-16-2-6-19-10-11-20-7-3-17-5-9-22-15/h15-17H,2-13H2,1H3. The summed E-state index contributed by atoms with van der Waals surface area (Å²) in [5, 5.41) is 6.45. The molecule has 1 aliphatic heterocycles. The number of hydrogen-bond acceptors (Lipinski definition) is 8. The van der Waals surface area contributed by atoms with Crippen LogP contribution in [-0.4, -0.2) is 91.1 Å². The summed E-state index contributed by atoms with van der Waals surface area (Å²) < 4.78 is 27.1. The van der Waals surface area contributed by atoms with Crippen molar-refractivity contribution in [3.8, 4) is 0 Å². The lowest BCUT2D eigenvalue weighted by Gasteiger charge is -2.18. The summed E-state index contributed by atoms with van der Waals surface area (Å²) in [6.07, 6.45) is -0.251. The summed E-state index contributed by atoms with van der Waals surface area (Å²) in [5.41, 5.74) is 0. The van der Waals surface area contributed by atoms with Crippen LogP contribution in [-0.2, 0) is 28.5 Å². The molecular formula is C15H30N2O6. The van der Waals surface area contributed by atoms with Gasteiger partial charge in [-0.05, 0) is 0 Å². The molecule has 8 heteroatoms. The van der Waals surface area contributed by atoms with Gasteiger partial charge in [-0.1, -0.05) is 0 Å². The van der Waals surface area contributed by atoms with Gasteiger partial charge in [0.05, 0.1) is 46.2 Å². The second-order valence-corrected chi connectivity index (χ2v) is 5.10. The maximum Gasteiger partial charge on any atom is 0.302 e. The first-order valence-electron chi connectivity index (χ1n) is 8.18. The largest absolute Gasteiger partial charge is 0.463 e. The smallest absolute Gasteiger partial charge is 0.302 e. The first-order chi connectivity index (χ1) is 11.3. The van der Waals surface area contributed by atoms with Crippen molar-refractivity contribution >= 4 is 5.97 Å². The van der Waals surface area contributed by atoms with Crippen LogP contribution in [0, 0.1) is 0 Å². The fourth-order valence-electron chi connectivity index (χ4n) is 1.87. The van der Waals surface area contributed by atoms with Gasteiger partial charge in [-0.3, -0.25) is 4.79 Å². The quantitative estimate of drug-likeness (QED) is 0.633. The molecule has 1 heterocycles. The number of hydrogen-bond donors (Lipinski definition) is 2. The van der Waals surface area contributed by atoms with E-state index in [-0.39, 0.29) is 18.7 Å². The second kappa shape index (κ2) is 14.8. The zero-order valence-corrected chi connectivity index (χ0v) is 14.0. The number of esters is 1. The van der Waals surface area contributed by atoms with Gasteiger partial charge in [0, 0.05) is 33.1 Å². The van der Waals surface area contributed by atoms with Crippen molar-refractivity contribution in [2.75, 3.05) is 79.0 Å². The lowest BCUT2D eigenvalue weighted by molar-refractivity contribution is -0.147. The molecule has 0 amide bonds. The molecule has 1 rings (SSSR count). The topological polar surface area (TPSA) is 87.3 Å². The molecule has 1 fully saturated rings. The van der Waals surface area contributed by atoms with Crippen molar-refractivity contribution < 1.29 is 28.5 Å². The highest BCUT2D eigenvalue weighted by atomic mass is 16.6. The van der Waals surface area contributed by atoms with Crippen LogP contribution in [0.4, 0.5) is 0 Å². The molecule has 2 N–H and O–H groups in total. The third-order valence-electron chi connectivity index (χ3n) is 3.05. The summed E-state index contributed by atoms with van der Waals surface area (Å²) in [6.45, 7) is 8.57. The van der Waals surface area contributed by atoms with Crippen LogP contribution in [0.3, 0.4) is 0 Å². The first-order valence-corrected chi connectivity index (χ1v) is 8.18. The minimum atomic E-state index is -0.315. The number of nitrogens with one attached hydrogen (secondary N) is 2. The van der Waals surface area contributed by atoms with Crippen molar-refractivity contribution in [3.05, 3.63) is 0 Å². The summed E-state index contributed by atoms with van der Waals surface area (Å²) in [4.78, 5) is 10.9. The van der Waals surface area contributed by atoms with Gasteiger partial charge in [0.15, 0.2) is 0 Å². The van der Waals surface area contributed by atoms with Gasteiger partial charge in [-0.2, -0.15) is 0 Å². The minimum absolute atomic E-state index is 0.208. The van der Waals surface area contributed by atoms with E-state index in [2.05, 4.69) is 10.6 Å². The van der Waals surface area contributed by atoms with Crippen LogP contribution in [0.25, 0.3) is 0 Å². The third kappa shape index (κ3) is 13.4. The maximum absolute atomic E-state index is 10.9. The van der Waals surface area contributed by atoms with Crippen LogP contribution in [0.2, 0.25) is 0 Å². The molecule has 1 saturated heterocycles. The number of ether oxygens (including phenoxy) is 5. The van der Waals surface area contributed by atoms with Crippen molar-refractivity contribution in [2.24, 2.45) is 0 Å². The van der Waals surface area contributed by atoms with E-state index in [0.29, 0.717) is 52.8 Å². The predicted molar refractivity (Wildman–Crippen MR) is 84.6 cm³/mol. The monoisotopic (exact) mass is 334 g/mol. The van der Waals surface area contributed by atoms with Gasteiger partial charge in [0.2, 0.25) is 0 Å². The van der Waals surface area contributed by atoms with E-state index in [0.717, 1.165) is 19.6 Å². The van der Waals surface area contributed by atoms with E-state index in [1.807, 2.05) is 0 Å². The highest BCUT2D eigenvalue weighted by Gasteiger charge is 2.11. The van der Waals surface area contributed by atoms with Crippen LogP contribution >= 0.6 is 0 Å². The molecule has 0 aromatic rings. The maximum atomic E-state index is 10.9. The fraction of sp³-hybridized carbons (Fsp3) is 0.933. The molecule has 0 saturated carbocycles. The lowest BCUT2D eigenvalue weighted by atomic mass is 10.4. The van der Waals surface area contributed by atoms with Crippen molar-refractivity contribution in [1.82, 2.24) is 10.6 Å². The summed E-state index contributed by atoms with van der Waals surface area (Å²) in [6, 6.07) is 0. The molecule has 0 aromatic carbocycles. The van der Waals surface area contributed by atoms with E-state index in [4.69, 9.17) is 23.7 Å². The van der Waals surface area contributed by atoms with Crippen molar-refractivity contribution in [3.63, 3.8) is 0 Å². The number of rotatable bonds is 2. The SMILES string of the molecule is CC(=O)OCC1COCCNCCOCCOCCNCCO1. The second-order valence-electron chi connectivity index (χ2n) is 5.10. The minimum Gasteiger partial charge on any atom is -0.463 e. The van der Waals surface area contributed by atoms with E-state index in [1.165, 1.54) is 6.92 Å². The van der Waals surface area contributed by atoms with E-state index in [9.17, 15) is 4.79 Å².